The van der Waals surface area contributed by atoms with E-state index in [2.05, 4.69) is 15.9 Å². The lowest BCUT2D eigenvalue weighted by Gasteiger charge is -2.12. The van der Waals surface area contributed by atoms with Crippen LogP contribution >= 0.6 is 15.9 Å². The van der Waals surface area contributed by atoms with E-state index in [1.54, 1.807) is 19.1 Å². The van der Waals surface area contributed by atoms with Gasteiger partial charge in [0.25, 0.3) is 0 Å². The molecule has 31 heavy (non-hydrogen) atoms. The Morgan fingerprint density at radius 2 is 1.84 bits per heavy atom. The van der Waals surface area contributed by atoms with E-state index in [4.69, 9.17) is 13.9 Å². The molecule has 0 saturated heterocycles. The Kier molecular flexibility index (Phi) is 6.37. The summed E-state index contributed by atoms with van der Waals surface area (Å²) < 4.78 is 31.6. The normalized spacial score (nSPS) is 10.9. The van der Waals surface area contributed by atoms with Crippen LogP contribution in [0.25, 0.3) is 22.3 Å². The van der Waals surface area contributed by atoms with Crippen LogP contribution in [0.3, 0.4) is 0 Å². The van der Waals surface area contributed by atoms with Crippen molar-refractivity contribution in [2.24, 2.45) is 0 Å². The lowest BCUT2D eigenvalue weighted by Crippen LogP contribution is -2.09. The maximum Gasteiger partial charge on any atom is 0.310 e. The number of furan rings is 1. The van der Waals surface area contributed by atoms with Gasteiger partial charge in [-0.05, 0) is 55.5 Å². The fourth-order valence-corrected chi connectivity index (χ4v) is 3.77. The zero-order chi connectivity index (χ0) is 21.8. The third-order valence-electron chi connectivity index (χ3n) is 4.84. The van der Waals surface area contributed by atoms with E-state index < -0.39 is 0 Å². The molecular formula is C25H20BrFO4. The minimum Gasteiger partial charge on any atom is -0.488 e. The van der Waals surface area contributed by atoms with Gasteiger partial charge in [-0.25, -0.2) is 4.39 Å². The van der Waals surface area contributed by atoms with Crippen molar-refractivity contribution in [3.05, 3.63) is 88.1 Å². The van der Waals surface area contributed by atoms with Gasteiger partial charge in [0.05, 0.1) is 13.0 Å². The molecule has 0 fully saturated rings. The number of rotatable bonds is 7. The molecule has 158 valence electrons. The first-order valence-electron chi connectivity index (χ1n) is 9.88. The molecule has 0 radical (unpaired) electrons. The van der Waals surface area contributed by atoms with Gasteiger partial charge in [0.15, 0.2) is 0 Å². The highest BCUT2D eigenvalue weighted by molar-refractivity contribution is 9.10. The first-order valence-corrected chi connectivity index (χ1v) is 10.7. The van der Waals surface area contributed by atoms with Gasteiger partial charge in [-0.1, -0.05) is 34.1 Å². The van der Waals surface area contributed by atoms with E-state index in [1.165, 1.54) is 12.1 Å². The van der Waals surface area contributed by atoms with Crippen molar-refractivity contribution in [1.82, 2.24) is 0 Å². The van der Waals surface area contributed by atoms with Crippen molar-refractivity contribution in [3.8, 4) is 17.1 Å². The highest BCUT2D eigenvalue weighted by atomic mass is 79.9. The molecule has 4 nitrogen and oxygen atoms in total. The summed E-state index contributed by atoms with van der Waals surface area (Å²) in [5.41, 5.74) is 3.06. The quantitative estimate of drug-likeness (QED) is 0.275. The zero-order valence-electron chi connectivity index (χ0n) is 16.9. The molecule has 4 rings (SSSR count). The molecule has 0 aliphatic carbocycles. The second-order valence-electron chi connectivity index (χ2n) is 6.94. The molecule has 0 atom stereocenters. The minimum absolute atomic E-state index is 0.131. The Bertz CT molecular complexity index is 1210. The Balaban J connectivity index is 1.69. The number of hydrogen-bond donors (Lipinski definition) is 0. The van der Waals surface area contributed by atoms with Gasteiger partial charge in [-0.3, -0.25) is 4.79 Å². The van der Waals surface area contributed by atoms with Crippen LogP contribution < -0.4 is 4.74 Å². The Morgan fingerprint density at radius 1 is 1.06 bits per heavy atom. The minimum atomic E-state index is -0.312. The molecule has 0 N–H and O–H groups in total. The molecular weight excluding hydrogens is 463 g/mol. The molecule has 0 unspecified atom stereocenters. The second-order valence-corrected chi connectivity index (χ2v) is 7.85. The topological polar surface area (TPSA) is 48.7 Å². The summed E-state index contributed by atoms with van der Waals surface area (Å²) in [7, 11) is 0. The zero-order valence-corrected chi connectivity index (χ0v) is 18.4. The standard InChI is InChI=1S/C25H20BrFO4/c1-2-29-24(28)13-17-5-3-4-6-22(17)30-15-21-20-14-18(26)9-12-23(20)31-25(21)16-7-10-19(27)11-8-16/h3-12,14H,2,13,15H2,1H3. The van der Waals surface area contributed by atoms with Crippen molar-refractivity contribution in [3.63, 3.8) is 0 Å². The molecule has 0 bridgehead atoms. The van der Waals surface area contributed by atoms with Crippen molar-refractivity contribution < 1.29 is 23.1 Å². The molecule has 0 aliphatic rings. The largest absolute Gasteiger partial charge is 0.488 e. The lowest BCUT2D eigenvalue weighted by atomic mass is 10.1. The number of carbonyl (C=O) groups is 1. The third kappa shape index (κ3) is 4.80. The van der Waals surface area contributed by atoms with Gasteiger partial charge >= 0.3 is 5.97 Å². The molecule has 0 spiro atoms. The number of ether oxygens (including phenoxy) is 2. The number of hydrogen-bond acceptors (Lipinski definition) is 4. The molecule has 1 heterocycles. The summed E-state index contributed by atoms with van der Waals surface area (Å²) in [5, 5.41) is 0.900. The van der Waals surface area contributed by atoms with Crippen LogP contribution in [-0.2, 0) is 22.6 Å². The van der Waals surface area contributed by atoms with E-state index in [9.17, 15) is 9.18 Å². The fourth-order valence-electron chi connectivity index (χ4n) is 3.41. The average Bonchev–Trinajstić information content (AvgIpc) is 3.11. The van der Waals surface area contributed by atoms with Crippen LogP contribution in [0.4, 0.5) is 4.39 Å². The second kappa shape index (κ2) is 9.35. The summed E-state index contributed by atoms with van der Waals surface area (Å²) in [6, 6.07) is 19.3. The van der Waals surface area contributed by atoms with E-state index in [-0.39, 0.29) is 24.8 Å². The lowest BCUT2D eigenvalue weighted by molar-refractivity contribution is -0.142. The van der Waals surface area contributed by atoms with Crippen molar-refractivity contribution >= 4 is 32.9 Å². The summed E-state index contributed by atoms with van der Waals surface area (Å²) in [4.78, 5) is 11.9. The molecule has 0 saturated carbocycles. The van der Waals surface area contributed by atoms with Gasteiger partial charge in [-0.2, -0.15) is 0 Å². The van der Waals surface area contributed by atoms with Crippen LogP contribution in [-0.4, -0.2) is 12.6 Å². The van der Waals surface area contributed by atoms with E-state index in [0.29, 0.717) is 23.7 Å². The fraction of sp³-hybridized carbons (Fsp3) is 0.160. The van der Waals surface area contributed by atoms with Crippen molar-refractivity contribution in [1.29, 1.82) is 0 Å². The highest BCUT2D eigenvalue weighted by Crippen LogP contribution is 2.36. The van der Waals surface area contributed by atoms with Gasteiger partial charge in [0.1, 0.15) is 29.5 Å². The smallest absolute Gasteiger partial charge is 0.310 e. The Morgan fingerprint density at radius 3 is 2.61 bits per heavy atom. The molecule has 4 aromatic rings. The van der Waals surface area contributed by atoms with Crippen LogP contribution in [0, 0.1) is 5.82 Å². The maximum atomic E-state index is 13.4. The summed E-state index contributed by atoms with van der Waals surface area (Å²) in [5.74, 6) is 0.609. The molecule has 0 amide bonds. The average molecular weight is 483 g/mol. The summed E-state index contributed by atoms with van der Waals surface area (Å²) in [6.07, 6.45) is 0.131. The van der Waals surface area contributed by atoms with E-state index in [0.717, 1.165) is 26.5 Å². The molecule has 3 aromatic carbocycles. The first-order chi connectivity index (χ1) is 15.0. The van der Waals surface area contributed by atoms with Gasteiger partial charge in [0.2, 0.25) is 0 Å². The predicted molar refractivity (Wildman–Crippen MR) is 120 cm³/mol. The highest BCUT2D eigenvalue weighted by Gasteiger charge is 2.18. The van der Waals surface area contributed by atoms with Gasteiger partial charge in [-0.15, -0.1) is 0 Å². The monoisotopic (exact) mass is 482 g/mol. The number of fused-ring (bicyclic) bond motifs is 1. The summed E-state index contributed by atoms with van der Waals surface area (Å²) >= 11 is 3.51. The molecule has 6 heteroatoms. The number of halogens is 2. The van der Waals surface area contributed by atoms with E-state index >= 15 is 0 Å². The van der Waals surface area contributed by atoms with Crippen LogP contribution in [0.15, 0.2) is 75.6 Å². The van der Waals surface area contributed by atoms with Gasteiger partial charge in [0, 0.05) is 26.5 Å². The number of carbonyl (C=O) groups excluding carboxylic acids is 1. The maximum absolute atomic E-state index is 13.4. The summed E-state index contributed by atoms with van der Waals surface area (Å²) in [6.45, 7) is 2.33. The SMILES string of the molecule is CCOC(=O)Cc1ccccc1OCc1c(-c2ccc(F)cc2)oc2ccc(Br)cc12. The van der Waals surface area contributed by atoms with E-state index in [1.807, 2.05) is 42.5 Å². The van der Waals surface area contributed by atoms with Crippen molar-refractivity contribution in [2.75, 3.05) is 6.61 Å². The number of benzene rings is 3. The third-order valence-corrected chi connectivity index (χ3v) is 5.34. The van der Waals surface area contributed by atoms with Crippen LogP contribution in [0.2, 0.25) is 0 Å². The van der Waals surface area contributed by atoms with Gasteiger partial charge < -0.3 is 13.9 Å². The van der Waals surface area contributed by atoms with Crippen LogP contribution in [0.1, 0.15) is 18.1 Å². The number of esters is 1. The first kappa shape index (κ1) is 21.1. The number of para-hydroxylation sites is 1. The molecule has 1 aromatic heterocycles. The predicted octanol–water partition coefficient (Wildman–Crippen LogP) is 6.69. The molecule has 0 aliphatic heterocycles. The Labute approximate surface area is 187 Å². The Hall–Kier alpha value is -3.12. The van der Waals surface area contributed by atoms with Crippen molar-refractivity contribution in [2.45, 2.75) is 20.0 Å². The van der Waals surface area contributed by atoms with Crippen LogP contribution in [0.5, 0.6) is 5.75 Å².